The molecular formula is C32H28ClN3O2. The van der Waals surface area contributed by atoms with E-state index < -0.39 is 6.04 Å². The van der Waals surface area contributed by atoms with E-state index in [9.17, 15) is 9.59 Å². The number of rotatable bonds is 6. The third kappa shape index (κ3) is 4.85. The number of carbonyl (C=O) groups is 1. The third-order valence-corrected chi connectivity index (χ3v) is 7.07. The summed E-state index contributed by atoms with van der Waals surface area (Å²) in [6.45, 7) is 6.27. The first-order valence-corrected chi connectivity index (χ1v) is 13.0. The number of amides is 1. The average Bonchev–Trinajstić information content (AvgIpc) is 2.94. The summed E-state index contributed by atoms with van der Waals surface area (Å²) < 4.78 is 1.61. The number of nitrogens with zero attached hydrogens (tertiary/aromatic N) is 3. The van der Waals surface area contributed by atoms with Gasteiger partial charge < -0.3 is 4.90 Å². The Morgan fingerprint density at radius 3 is 2.24 bits per heavy atom. The van der Waals surface area contributed by atoms with Crippen LogP contribution in [0.3, 0.4) is 0 Å². The summed E-state index contributed by atoms with van der Waals surface area (Å²) in [6, 6.07) is 30.0. The molecule has 0 aliphatic rings. The Kier molecular flexibility index (Phi) is 7.12. The van der Waals surface area contributed by atoms with Gasteiger partial charge in [-0.2, -0.15) is 0 Å². The summed E-state index contributed by atoms with van der Waals surface area (Å²) in [7, 11) is 0. The minimum Gasteiger partial charge on any atom is -0.329 e. The fourth-order valence-corrected chi connectivity index (χ4v) is 4.90. The molecular weight excluding hydrogens is 494 g/mol. The quantitative estimate of drug-likeness (QED) is 0.237. The van der Waals surface area contributed by atoms with Crippen LogP contribution in [0.4, 0.5) is 0 Å². The molecule has 1 atom stereocenters. The molecule has 0 saturated heterocycles. The lowest BCUT2D eigenvalue weighted by Gasteiger charge is -2.29. The summed E-state index contributed by atoms with van der Waals surface area (Å²) >= 11 is 6.24. The first kappa shape index (κ1) is 25.4. The van der Waals surface area contributed by atoms with Gasteiger partial charge in [0.1, 0.15) is 5.82 Å². The van der Waals surface area contributed by atoms with Crippen LogP contribution in [0.5, 0.6) is 0 Å². The zero-order chi connectivity index (χ0) is 26.8. The van der Waals surface area contributed by atoms with E-state index in [-0.39, 0.29) is 11.5 Å². The number of halogens is 1. The fraction of sp³-hybridized carbons (Fsp3) is 0.156. The second-order valence-electron chi connectivity index (χ2n) is 9.32. The average molecular weight is 522 g/mol. The Bertz CT molecular complexity index is 1660. The first-order chi connectivity index (χ1) is 18.4. The maximum Gasteiger partial charge on any atom is 0.266 e. The highest BCUT2D eigenvalue weighted by Gasteiger charge is 2.27. The van der Waals surface area contributed by atoms with Crippen LogP contribution in [0.1, 0.15) is 41.6 Å². The van der Waals surface area contributed by atoms with Gasteiger partial charge in [0.2, 0.25) is 0 Å². The molecule has 0 saturated carbocycles. The van der Waals surface area contributed by atoms with Crippen molar-refractivity contribution in [1.82, 2.24) is 14.5 Å². The minimum absolute atomic E-state index is 0.129. The van der Waals surface area contributed by atoms with Crippen LogP contribution in [-0.2, 0) is 0 Å². The molecule has 1 heterocycles. The van der Waals surface area contributed by atoms with Gasteiger partial charge in [-0.15, -0.1) is 0 Å². The molecule has 5 nitrogen and oxygen atoms in total. The molecule has 0 fully saturated rings. The Morgan fingerprint density at radius 2 is 1.58 bits per heavy atom. The number of aryl methyl sites for hydroxylation is 1. The van der Waals surface area contributed by atoms with Crippen molar-refractivity contribution in [2.75, 3.05) is 6.54 Å². The molecule has 0 aliphatic carbocycles. The second-order valence-corrected chi connectivity index (χ2v) is 9.75. The van der Waals surface area contributed by atoms with E-state index in [1.165, 1.54) is 0 Å². The van der Waals surface area contributed by atoms with Gasteiger partial charge in [-0.3, -0.25) is 14.2 Å². The van der Waals surface area contributed by atoms with Crippen LogP contribution in [0.15, 0.2) is 102 Å². The van der Waals surface area contributed by atoms with Crippen molar-refractivity contribution in [1.29, 1.82) is 0 Å². The van der Waals surface area contributed by atoms with E-state index in [2.05, 4.69) is 0 Å². The normalized spacial score (nSPS) is 11.9. The van der Waals surface area contributed by atoms with Crippen LogP contribution in [-0.4, -0.2) is 26.9 Å². The van der Waals surface area contributed by atoms with Gasteiger partial charge >= 0.3 is 0 Å². The lowest BCUT2D eigenvalue weighted by atomic mass is 10.0. The highest BCUT2D eigenvalue weighted by molar-refractivity contribution is 6.31. The van der Waals surface area contributed by atoms with Crippen LogP contribution in [0.25, 0.3) is 27.7 Å². The number of benzene rings is 4. The molecule has 5 aromatic rings. The standard InChI is InChI=1S/C32H28ClN3O2/c1-4-35(31(37)25-14-12-24(13-15-25)23-8-6-5-7-9-23)22(3)30-34-29-20-26(33)16-19-28(29)32(38)36(30)27-17-10-21(2)11-18-27/h5-20,22H,4H2,1-3H3. The fourth-order valence-electron chi connectivity index (χ4n) is 4.73. The van der Waals surface area contributed by atoms with E-state index in [0.717, 1.165) is 16.7 Å². The molecule has 4 aromatic carbocycles. The van der Waals surface area contributed by atoms with Crippen molar-refractivity contribution in [2.24, 2.45) is 0 Å². The van der Waals surface area contributed by atoms with Crippen molar-refractivity contribution < 1.29 is 4.79 Å². The Morgan fingerprint density at radius 1 is 0.921 bits per heavy atom. The van der Waals surface area contributed by atoms with Gasteiger partial charge in [0.25, 0.3) is 11.5 Å². The lowest BCUT2D eigenvalue weighted by molar-refractivity contribution is 0.0693. The molecule has 0 N–H and O–H groups in total. The Hall–Kier alpha value is -4.22. The van der Waals surface area contributed by atoms with Gasteiger partial charge in [-0.1, -0.05) is 71.8 Å². The largest absolute Gasteiger partial charge is 0.329 e. The molecule has 0 spiro atoms. The van der Waals surface area contributed by atoms with Crippen molar-refractivity contribution in [3.8, 4) is 16.8 Å². The Balaban J connectivity index is 1.58. The van der Waals surface area contributed by atoms with Crippen LogP contribution in [0.2, 0.25) is 5.02 Å². The maximum atomic E-state index is 13.7. The smallest absolute Gasteiger partial charge is 0.266 e. The summed E-state index contributed by atoms with van der Waals surface area (Å²) in [5, 5.41) is 0.967. The summed E-state index contributed by atoms with van der Waals surface area (Å²) in [5.41, 5.74) is 4.79. The second kappa shape index (κ2) is 10.6. The van der Waals surface area contributed by atoms with Gasteiger partial charge in [0.15, 0.2) is 0 Å². The maximum absolute atomic E-state index is 13.7. The van der Waals surface area contributed by atoms with E-state index in [1.54, 1.807) is 27.7 Å². The van der Waals surface area contributed by atoms with Crippen LogP contribution in [0, 0.1) is 6.92 Å². The van der Waals surface area contributed by atoms with E-state index >= 15 is 0 Å². The molecule has 0 radical (unpaired) electrons. The van der Waals surface area contributed by atoms with E-state index in [0.29, 0.717) is 39.5 Å². The summed E-state index contributed by atoms with van der Waals surface area (Å²) in [6.07, 6.45) is 0. The Labute approximate surface area is 227 Å². The van der Waals surface area contributed by atoms with Gasteiger partial charge in [0.05, 0.1) is 22.6 Å². The number of hydrogen-bond acceptors (Lipinski definition) is 3. The molecule has 0 bridgehead atoms. The predicted molar refractivity (Wildman–Crippen MR) is 154 cm³/mol. The third-order valence-electron chi connectivity index (χ3n) is 6.83. The first-order valence-electron chi connectivity index (χ1n) is 12.6. The minimum atomic E-state index is -0.487. The zero-order valence-corrected chi connectivity index (χ0v) is 22.3. The zero-order valence-electron chi connectivity index (χ0n) is 21.6. The summed E-state index contributed by atoms with van der Waals surface area (Å²) in [5.74, 6) is 0.347. The number of aromatic nitrogens is 2. The number of carbonyl (C=O) groups excluding carboxylic acids is 1. The molecule has 1 amide bonds. The van der Waals surface area contributed by atoms with E-state index in [4.69, 9.17) is 16.6 Å². The number of hydrogen-bond donors (Lipinski definition) is 0. The molecule has 6 heteroatoms. The monoisotopic (exact) mass is 521 g/mol. The van der Waals surface area contributed by atoms with Gasteiger partial charge in [-0.05, 0) is 74.4 Å². The van der Waals surface area contributed by atoms with Crippen molar-refractivity contribution in [3.63, 3.8) is 0 Å². The molecule has 190 valence electrons. The topological polar surface area (TPSA) is 55.2 Å². The van der Waals surface area contributed by atoms with Gasteiger partial charge in [0, 0.05) is 17.1 Å². The van der Waals surface area contributed by atoms with Gasteiger partial charge in [-0.25, -0.2) is 4.98 Å². The summed E-state index contributed by atoms with van der Waals surface area (Å²) in [4.78, 5) is 34.1. The van der Waals surface area contributed by atoms with Crippen molar-refractivity contribution in [2.45, 2.75) is 26.8 Å². The molecule has 5 rings (SSSR count). The van der Waals surface area contributed by atoms with Crippen LogP contribution < -0.4 is 5.56 Å². The predicted octanol–water partition coefficient (Wildman–Crippen LogP) is 7.24. The molecule has 1 aromatic heterocycles. The molecule has 38 heavy (non-hydrogen) atoms. The molecule has 0 aliphatic heterocycles. The van der Waals surface area contributed by atoms with Crippen molar-refractivity contribution >= 4 is 28.4 Å². The SMILES string of the molecule is CCN(C(=O)c1ccc(-c2ccccc2)cc1)C(C)c1nc2cc(Cl)ccc2c(=O)n1-c1ccc(C)cc1. The molecule has 1 unspecified atom stereocenters. The number of fused-ring (bicyclic) bond motifs is 1. The lowest BCUT2D eigenvalue weighted by Crippen LogP contribution is -2.37. The van der Waals surface area contributed by atoms with Crippen LogP contribution >= 0.6 is 11.6 Å². The van der Waals surface area contributed by atoms with E-state index in [1.807, 2.05) is 99.6 Å². The van der Waals surface area contributed by atoms with Crippen molar-refractivity contribution in [3.05, 3.63) is 129 Å². The highest BCUT2D eigenvalue weighted by Crippen LogP contribution is 2.26. The highest BCUT2D eigenvalue weighted by atomic mass is 35.5.